The van der Waals surface area contributed by atoms with E-state index in [4.69, 9.17) is 22.1 Å². The Labute approximate surface area is 148 Å². The van der Waals surface area contributed by atoms with E-state index >= 15 is 0 Å². The van der Waals surface area contributed by atoms with E-state index in [0.717, 1.165) is 19.3 Å². The first-order chi connectivity index (χ1) is 10.9. The summed E-state index contributed by atoms with van der Waals surface area (Å²) in [5.41, 5.74) is 5.75. The van der Waals surface area contributed by atoms with Gasteiger partial charge in [0.25, 0.3) is 0 Å². The maximum absolute atomic E-state index is 11.8. The van der Waals surface area contributed by atoms with Gasteiger partial charge >= 0.3 is 5.97 Å². The fraction of sp³-hybridized carbons (Fsp3) is 0.688. The van der Waals surface area contributed by atoms with E-state index < -0.39 is 0 Å². The number of nitrogens with zero attached hydrogens (tertiary/aromatic N) is 2. The van der Waals surface area contributed by atoms with Crippen molar-refractivity contribution in [1.82, 2.24) is 0 Å². The van der Waals surface area contributed by atoms with Crippen molar-refractivity contribution in [3.05, 3.63) is 10.9 Å². The smallest absolute Gasteiger partial charge is 0.306 e. The predicted molar refractivity (Wildman–Crippen MR) is 101 cm³/mol. The molecule has 0 aromatic rings. The van der Waals surface area contributed by atoms with Gasteiger partial charge < -0.3 is 10.5 Å². The van der Waals surface area contributed by atoms with Crippen molar-refractivity contribution in [2.45, 2.75) is 52.9 Å². The van der Waals surface area contributed by atoms with Crippen LogP contribution in [-0.4, -0.2) is 30.2 Å². The van der Waals surface area contributed by atoms with E-state index in [0.29, 0.717) is 34.9 Å². The maximum Gasteiger partial charge on any atom is 0.306 e. The van der Waals surface area contributed by atoms with Gasteiger partial charge in [-0.15, -0.1) is 11.8 Å². The average Bonchev–Trinajstić information content (AvgIpc) is 2.51. The Morgan fingerprint density at radius 3 is 2.65 bits per heavy atom. The highest BCUT2D eigenvalue weighted by Crippen LogP contribution is 2.21. The zero-order valence-corrected chi connectivity index (χ0v) is 15.9. The number of aliphatic imine (C=N–C) groups is 2. The molecular formula is C16H28ClN3O2S. The number of hydrogen-bond acceptors (Lipinski definition) is 6. The Balaban J connectivity index is 4.19. The lowest BCUT2D eigenvalue weighted by Gasteiger charge is -2.14. The Kier molecular flexibility index (Phi) is 12.8. The minimum Gasteiger partial charge on any atom is -0.465 e. The molecule has 0 saturated heterocycles. The van der Waals surface area contributed by atoms with Crippen molar-refractivity contribution in [2.75, 3.05) is 12.4 Å². The number of hydrogen-bond donors (Lipinski definition) is 1. The Morgan fingerprint density at radius 1 is 1.43 bits per heavy atom. The molecule has 23 heavy (non-hydrogen) atoms. The van der Waals surface area contributed by atoms with Crippen LogP contribution in [0.2, 0.25) is 0 Å². The van der Waals surface area contributed by atoms with Gasteiger partial charge in [0.2, 0.25) is 0 Å². The summed E-state index contributed by atoms with van der Waals surface area (Å²) in [7, 11) is 0. The molecule has 0 bridgehead atoms. The molecular weight excluding hydrogens is 334 g/mol. The summed E-state index contributed by atoms with van der Waals surface area (Å²) in [6.45, 7) is 9.86. The van der Waals surface area contributed by atoms with E-state index in [2.05, 4.69) is 30.5 Å². The highest BCUT2D eigenvalue weighted by atomic mass is 35.5. The minimum absolute atomic E-state index is 0.202. The third-order valence-corrected chi connectivity index (χ3v) is 4.31. The number of esters is 1. The molecule has 0 aromatic heterocycles. The van der Waals surface area contributed by atoms with Crippen LogP contribution in [0.5, 0.6) is 0 Å². The van der Waals surface area contributed by atoms with E-state index in [9.17, 15) is 4.79 Å². The first-order valence-electron chi connectivity index (χ1n) is 7.90. The zero-order valence-electron chi connectivity index (χ0n) is 14.3. The monoisotopic (exact) mass is 361 g/mol. The summed E-state index contributed by atoms with van der Waals surface area (Å²) in [6, 6.07) is 0. The summed E-state index contributed by atoms with van der Waals surface area (Å²) >= 11 is 6.98. The van der Waals surface area contributed by atoms with Gasteiger partial charge in [0, 0.05) is 5.75 Å². The fourth-order valence-electron chi connectivity index (χ4n) is 1.83. The molecule has 0 amide bonds. The maximum atomic E-state index is 11.8. The van der Waals surface area contributed by atoms with Crippen LogP contribution in [-0.2, 0) is 9.53 Å². The molecule has 1 unspecified atom stereocenters. The second-order valence-electron chi connectivity index (χ2n) is 5.16. The molecule has 0 aromatic carbocycles. The number of halogens is 1. The summed E-state index contributed by atoms with van der Waals surface area (Å²) < 4.78 is 5.34. The lowest BCUT2D eigenvalue weighted by molar-refractivity contribution is -0.144. The summed E-state index contributed by atoms with van der Waals surface area (Å²) in [5.74, 6) is 0.965. The number of rotatable bonds is 12. The number of unbranched alkanes of at least 4 members (excludes halogenated alkanes) is 1. The lowest BCUT2D eigenvalue weighted by Crippen LogP contribution is -2.14. The van der Waals surface area contributed by atoms with Crippen LogP contribution in [0.3, 0.4) is 0 Å². The topological polar surface area (TPSA) is 77.0 Å². The second-order valence-corrected chi connectivity index (χ2v) is 6.79. The van der Waals surface area contributed by atoms with E-state index in [1.54, 1.807) is 6.92 Å². The average molecular weight is 362 g/mol. The standard InChI is InChI=1S/C16H28ClN3O2S/c1-5-7-8-13(6-2)11-22-14(21)9-10-23-16(19-4)15(18)20-12(3)17/h13H,4-11,18H2,1-3H3/b16-15+,20-12?. The van der Waals surface area contributed by atoms with Gasteiger partial charge in [-0.05, 0) is 26.0 Å². The van der Waals surface area contributed by atoms with Crippen molar-refractivity contribution in [1.29, 1.82) is 0 Å². The number of carbonyl (C=O) groups excluding carboxylic acids is 1. The quantitative estimate of drug-likeness (QED) is 0.415. The third kappa shape index (κ3) is 11.2. The largest absolute Gasteiger partial charge is 0.465 e. The van der Waals surface area contributed by atoms with Gasteiger partial charge in [-0.1, -0.05) is 44.7 Å². The van der Waals surface area contributed by atoms with Crippen molar-refractivity contribution in [3.8, 4) is 0 Å². The molecule has 5 nitrogen and oxygen atoms in total. The molecule has 0 radical (unpaired) electrons. The van der Waals surface area contributed by atoms with Crippen molar-refractivity contribution >= 4 is 41.2 Å². The molecule has 132 valence electrons. The first kappa shape index (κ1) is 22.0. The molecule has 0 aliphatic heterocycles. The summed E-state index contributed by atoms with van der Waals surface area (Å²) in [6.07, 6.45) is 4.77. The van der Waals surface area contributed by atoms with Crippen molar-refractivity contribution < 1.29 is 9.53 Å². The Morgan fingerprint density at radius 2 is 2.13 bits per heavy atom. The zero-order chi connectivity index (χ0) is 17.7. The first-order valence-corrected chi connectivity index (χ1v) is 9.26. The number of thioether (sulfide) groups is 1. The Bertz CT molecular complexity index is 435. The molecule has 0 saturated carbocycles. The summed E-state index contributed by atoms with van der Waals surface area (Å²) in [4.78, 5) is 19.5. The highest BCUT2D eigenvalue weighted by molar-refractivity contribution is 8.03. The van der Waals surface area contributed by atoms with E-state index in [-0.39, 0.29) is 11.8 Å². The van der Waals surface area contributed by atoms with E-state index in [1.165, 1.54) is 18.2 Å². The van der Waals surface area contributed by atoms with Crippen LogP contribution in [0.15, 0.2) is 20.8 Å². The van der Waals surface area contributed by atoms with Crippen LogP contribution in [0, 0.1) is 5.92 Å². The molecule has 0 rings (SSSR count). The fourth-order valence-corrected chi connectivity index (χ4v) is 2.66. The molecule has 0 heterocycles. The third-order valence-electron chi connectivity index (χ3n) is 3.21. The molecule has 7 heteroatoms. The van der Waals surface area contributed by atoms with Crippen molar-refractivity contribution in [2.24, 2.45) is 21.6 Å². The minimum atomic E-state index is -0.202. The lowest BCUT2D eigenvalue weighted by atomic mass is 10.0. The van der Waals surface area contributed by atoms with Gasteiger partial charge in [-0.2, -0.15) is 0 Å². The number of nitrogens with two attached hydrogens (primary N) is 1. The molecule has 0 aliphatic rings. The van der Waals surface area contributed by atoms with Gasteiger partial charge in [-0.25, -0.2) is 4.99 Å². The van der Waals surface area contributed by atoms with Crippen LogP contribution in [0.1, 0.15) is 52.9 Å². The predicted octanol–water partition coefficient (Wildman–Crippen LogP) is 4.31. The molecule has 2 N–H and O–H groups in total. The normalized spacial score (nSPS) is 14.2. The Hall–Kier alpha value is -1.01. The molecule has 0 spiro atoms. The SMILES string of the molecule is C=N/C(SCCC(=O)OCC(CC)CCCC)=C(/N)N=C(C)Cl. The van der Waals surface area contributed by atoms with Crippen LogP contribution in [0.25, 0.3) is 0 Å². The van der Waals surface area contributed by atoms with Gasteiger partial charge in [0.15, 0.2) is 5.82 Å². The van der Waals surface area contributed by atoms with E-state index in [1.807, 2.05) is 0 Å². The highest BCUT2D eigenvalue weighted by Gasteiger charge is 2.11. The van der Waals surface area contributed by atoms with Crippen LogP contribution < -0.4 is 5.73 Å². The van der Waals surface area contributed by atoms with Gasteiger partial charge in [-0.3, -0.25) is 9.79 Å². The van der Waals surface area contributed by atoms with Crippen LogP contribution in [0.4, 0.5) is 0 Å². The number of carbonyl (C=O) groups is 1. The van der Waals surface area contributed by atoms with Crippen molar-refractivity contribution in [3.63, 3.8) is 0 Å². The molecule has 0 fully saturated rings. The second kappa shape index (κ2) is 13.4. The van der Waals surface area contributed by atoms with Gasteiger partial charge in [0.05, 0.1) is 13.0 Å². The van der Waals surface area contributed by atoms with Crippen LogP contribution >= 0.6 is 23.4 Å². The summed E-state index contributed by atoms with van der Waals surface area (Å²) in [5, 5.41) is 0.786. The molecule has 1 atom stereocenters. The number of ether oxygens (including phenoxy) is 1. The molecule has 0 aliphatic carbocycles. The van der Waals surface area contributed by atoms with Gasteiger partial charge in [0.1, 0.15) is 10.2 Å².